The van der Waals surface area contributed by atoms with Crippen LogP contribution in [0.15, 0.2) is 42.5 Å². The Morgan fingerprint density at radius 3 is 2.81 bits per heavy atom. The molecule has 1 aliphatic rings. The summed E-state index contributed by atoms with van der Waals surface area (Å²) in [5.41, 5.74) is 1.39. The smallest absolute Gasteiger partial charge is 0.0594 e. The van der Waals surface area contributed by atoms with Crippen LogP contribution < -0.4 is 5.32 Å². The van der Waals surface area contributed by atoms with E-state index in [2.05, 4.69) is 54.7 Å². The van der Waals surface area contributed by atoms with Crippen LogP contribution in [-0.2, 0) is 4.74 Å². The number of fused-ring (bicyclic) bond motifs is 1. The van der Waals surface area contributed by atoms with Crippen molar-refractivity contribution in [3.63, 3.8) is 0 Å². The van der Waals surface area contributed by atoms with Crippen molar-refractivity contribution in [1.82, 2.24) is 5.32 Å². The van der Waals surface area contributed by atoms with Crippen LogP contribution in [0.25, 0.3) is 10.8 Å². The monoisotopic (exact) mass is 283 g/mol. The zero-order valence-electron chi connectivity index (χ0n) is 12.8. The Kier molecular flexibility index (Phi) is 4.89. The lowest BCUT2D eigenvalue weighted by molar-refractivity contribution is 0.0946. The molecular weight excluding hydrogens is 258 g/mol. The van der Waals surface area contributed by atoms with E-state index in [9.17, 15) is 0 Å². The fourth-order valence-corrected chi connectivity index (χ4v) is 3.17. The van der Waals surface area contributed by atoms with E-state index in [1.807, 2.05) is 0 Å². The van der Waals surface area contributed by atoms with Crippen LogP contribution in [0.2, 0.25) is 0 Å². The zero-order valence-corrected chi connectivity index (χ0v) is 12.8. The summed E-state index contributed by atoms with van der Waals surface area (Å²) in [6.07, 6.45) is 5.08. The van der Waals surface area contributed by atoms with E-state index in [0.717, 1.165) is 26.0 Å². The summed E-state index contributed by atoms with van der Waals surface area (Å²) in [4.78, 5) is 0. The molecule has 2 aromatic rings. The van der Waals surface area contributed by atoms with E-state index in [1.165, 1.54) is 29.2 Å². The van der Waals surface area contributed by atoms with Crippen molar-refractivity contribution in [2.45, 2.75) is 44.8 Å². The summed E-state index contributed by atoms with van der Waals surface area (Å²) >= 11 is 0. The minimum Gasteiger partial charge on any atom is -0.378 e. The molecule has 2 unspecified atom stereocenters. The van der Waals surface area contributed by atoms with Gasteiger partial charge in [-0.3, -0.25) is 0 Å². The van der Waals surface area contributed by atoms with Crippen LogP contribution in [0.4, 0.5) is 0 Å². The Morgan fingerprint density at radius 1 is 1.19 bits per heavy atom. The van der Waals surface area contributed by atoms with Crippen molar-refractivity contribution in [2.75, 3.05) is 13.2 Å². The number of benzene rings is 2. The van der Waals surface area contributed by atoms with E-state index in [1.54, 1.807) is 0 Å². The Morgan fingerprint density at radius 2 is 2.05 bits per heavy atom. The molecule has 1 heterocycles. The molecule has 1 N–H and O–H groups in total. The SMILES string of the molecule is CCCNC(CC1CCCO1)c1ccc2ccccc2c1. The average molecular weight is 283 g/mol. The molecular formula is C19H25NO. The first-order valence-corrected chi connectivity index (χ1v) is 8.20. The van der Waals surface area contributed by atoms with E-state index < -0.39 is 0 Å². The lowest BCUT2D eigenvalue weighted by Crippen LogP contribution is -2.26. The quantitative estimate of drug-likeness (QED) is 0.845. The summed E-state index contributed by atoms with van der Waals surface area (Å²) in [5, 5.41) is 6.33. The molecule has 0 spiro atoms. The minimum atomic E-state index is 0.401. The second-order valence-corrected chi connectivity index (χ2v) is 5.98. The predicted molar refractivity (Wildman–Crippen MR) is 88.6 cm³/mol. The van der Waals surface area contributed by atoms with Crippen LogP contribution >= 0.6 is 0 Å². The lowest BCUT2D eigenvalue weighted by Gasteiger charge is -2.22. The molecule has 0 saturated carbocycles. The third-order valence-corrected chi connectivity index (χ3v) is 4.34. The van der Waals surface area contributed by atoms with Crippen molar-refractivity contribution in [3.05, 3.63) is 48.0 Å². The van der Waals surface area contributed by atoms with Gasteiger partial charge in [0.05, 0.1) is 6.10 Å². The molecule has 2 nitrogen and oxygen atoms in total. The molecule has 3 rings (SSSR count). The molecule has 21 heavy (non-hydrogen) atoms. The molecule has 2 heteroatoms. The highest BCUT2D eigenvalue weighted by molar-refractivity contribution is 5.83. The summed E-state index contributed by atoms with van der Waals surface area (Å²) in [5.74, 6) is 0. The second-order valence-electron chi connectivity index (χ2n) is 5.98. The first-order chi connectivity index (χ1) is 10.4. The number of hydrogen-bond donors (Lipinski definition) is 1. The fraction of sp³-hybridized carbons (Fsp3) is 0.474. The zero-order chi connectivity index (χ0) is 14.5. The standard InChI is InChI=1S/C19H25NO/c1-2-11-20-19(14-18-8-5-12-21-18)17-10-9-15-6-3-4-7-16(15)13-17/h3-4,6-7,9-10,13,18-20H,2,5,8,11-12,14H2,1H3. The molecule has 2 aromatic carbocycles. The van der Waals surface area contributed by atoms with Gasteiger partial charge in [0.2, 0.25) is 0 Å². The van der Waals surface area contributed by atoms with Crippen molar-refractivity contribution in [1.29, 1.82) is 0 Å². The van der Waals surface area contributed by atoms with E-state index in [4.69, 9.17) is 4.74 Å². The highest BCUT2D eigenvalue weighted by Crippen LogP contribution is 2.27. The molecule has 2 atom stereocenters. The van der Waals surface area contributed by atoms with Crippen LogP contribution in [-0.4, -0.2) is 19.3 Å². The molecule has 0 aromatic heterocycles. The Labute approximate surface area is 127 Å². The van der Waals surface area contributed by atoms with Gasteiger partial charge >= 0.3 is 0 Å². The molecule has 112 valence electrons. The van der Waals surface area contributed by atoms with Crippen LogP contribution in [0.5, 0.6) is 0 Å². The maximum absolute atomic E-state index is 5.83. The van der Waals surface area contributed by atoms with E-state index >= 15 is 0 Å². The second kappa shape index (κ2) is 7.06. The van der Waals surface area contributed by atoms with Gasteiger partial charge in [-0.1, -0.05) is 43.3 Å². The molecule has 0 aliphatic carbocycles. The normalized spacial score (nSPS) is 20.0. The van der Waals surface area contributed by atoms with Gasteiger partial charge in [-0.25, -0.2) is 0 Å². The molecule has 0 bridgehead atoms. The first kappa shape index (κ1) is 14.6. The molecule has 0 amide bonds. The molecule has 0 radical (unpaired) electrons. The summed E-state index contributed by atoms with van der Waals surface area (Å²) in [6.45, 7) is 4.21. The Hall–Kier alpha value is -1.38. The number of rotatable bonds is 6. The van der Waals surface area contributed by atoms with E-state index in [-0.39, 0.29) is 0 Å². The Balaban J connectivity index is 1.81. The van der Waals surface area contributed by atoms with Crippen molar-refractivity contribution >= 4 is 10.8 Å². The summed E-state index contributed by atoms with van der Waals surface area (Å²) < 4.78 is 5.83. The van der Waals surface area contributed by atoms with Gasteiger partial charge in [-0.2, -0.15) is 0 Å². The lowest BCUT2D eigenvalue weighted by atomic mass is 9.96. The fourth-order valence-electron chi connectivity index (χ4n) is 3.17. The van der Waals surface area contributed by atoms with E-state index in [0.29, 0.717) is 12.1 Å². The van der Waals surface area contributed by atoms with Gasteiger partial charge in [-0.05, 0) is 54.6 Å². The summed E-state index contributed by atoms with van der Waals surface area (Å²) in [6, 6.07) is 15.8. The highest BCUT2D eigenvalue weighted by Gasteiger charge is 2.21. The van der Waals surface area contributed by atoms with Crippen LogP contribution in [0, 0.1) is 0 Å². The van der Waals surface area contributed by atoms with Gasteiger partial charge in [0.1, 0.15) is 0 Å². The van der Waals surface area contributed by atoms with Crippen molar-refractivity contribution in [2.24, 2.45) is 0 Å². The maximum atomic E-state index is 5.83. The third-order valence-electron chi connectivity index (χ3n) is 4.34. The third kappa shape index (κ3) is 3.63. The van der Waals surface area contributed by atoms with Crippen LogP contribution in [0.1, 0.15) is 44.2 Å². The molecule has 1 aliphatic heterocycles. The average Bonchev–Trinajstić information content (AvgIpc) is 3.04. The number of hydrogen-bond acceptors (Lipinski definition) is 2. The number of ether oxygens (including phenoxy) is 1. The Bertz CT molecular complexity index is 575. The van der Waals surface area contributed by atoms with Crippen molar-refractivity contribution < 1.29 is 4.74 Å². The summed E-state index contributed by atoms with van der Waals surface area (Å²) in [7, 11) is 0. The van der Waals surface area contributed by atoms with Gasteiger partial charge in [-0.15, -0.1) is 0 Å². The molecule has 1 fully saturated rings. The van der Waals surface area contributed by atoms with Gasteiger partial charge < -0.3 is 10.1 Å². The topological polar surface area (TPSA) is 21.3 Å². The van der Waals surface area contributed by atoms with Crippen molar-refractivity contribution in [3.8, 4) is 0 Å². The predicted octanol–water partition coefficient (Wildman–Crippen LogP) is 4.45. The largest absolute Gasteiger partial charge is 0.378 e. The highest BCUT2D eigenvalue weighted by atomic mass is 16.5. The van der Waals surface area contributed by atoms with Gasteiger partial charge in [0.15, 0.2) is 0 Å². The molecule has 1 saturated heterocycles. The maximum Gasteiger partial charge on any atom is 0.0594 e. The number of nitrogens with one attached hydrogen (secondary N) is 1. The minimum absolute atomic E-state index is 0.401. The first-order valence-electron chi connectivity index (χ1n) is 8.20. The van der Waals surface area contributed by atoms with Crippen LogP contribution in [0.3, 0.4) is 0 Å². The van der Waals surface area contributed by atoms with Gasteiger partial charge in [0.25, 0.3) is 0 Å². The van der Waals surface area contributed by atoms with Gasteiger partial charge in [0, 0.05) is 12.6 Å².